The molecule has 144 valence electrons. The molecule has 0 aliphatic carbocycles. The Labute approximate surface area is 159 Å². The minimum absolute atomic E-state index is 0.0497. The molecule has 10 heteroatoms. The van der Waals surface area contributed by atoms with Gasteiger partial charge < -0.3 is 15.1 Å². The van der Waals surface area contributed by atoms with Crippen LogP contribution in [0.3, 0.4) is 0 Å². The molecule has 0 saturated carbocycles. The van der Waals surface area contributed by atoms with E-state index in [9.17, 15) is 18.0 Å². The van der Waals surface area contributed by atoms with Crippen molar-refractivity contribution in [3.63, 3.8) is 0 Å². The molecule has 0 spiro atoms. The first-order valence-electron chi connectivity index (χ1n) is 8.22. The van der Waals surface area contributed by atoms with Crippen LogP contribution in [0.25, 0.3) is 0 Å². The van der Waals surface area contributed by atoms with Gasteiger partial charge in [0.05, 0.1) is 5.56 Å². The van der Waals surface area contributed by atoms with Gasteiger partial charge in [0, 0.05) is 44.3 Å². The number of rotatable bonds is 4. The molecule has 2 heterocycles. The summed E-state index contributed by atoms with van der Waals surface area (Å²) in [6.45, 7) is 2.15. The van der Waals surface area contributed by atoms with Crippen molar-refractivity contribution in [3.05, 3.63) is 42.2 Å². The zero-order valence-corrected chi connectivity index (χ0v) is 15.0. The topological polar surface area (TPSA) is 61.4 Å². The number of piperazine rings is 1. The fourth-order valence-electron chi connectivity index (χ4n) is 2.78. The maximum Gasteiger partial charge on any atom is 0.416 e. The molecule has 0 radical (unpaired) electrons. The Kier molecular flexibility index (Phi) is 5.69. The van der Waals surface area contributed by atoms with Gasteiger partial charge in [-0.15, -0.1) is 11.6 Å². The molecule has 1 aliphatic rings. The molecule has 27 heavy (non-hydrogen) atoms. The zero-order valence-electron chi connectivity index (χ0n) is 14.2. The summed E-state index contributed by atoms with van der Waals surface area (Å²) in [5.74, 6) is 0.856. The standard InChI is InChI=1S/C17H17ClF3N5O/c18-11-14(27)25-7-9-26(10-8-25)16-15(22-5-6-23-16)24-13-3-1-12(2-4-13)17(19,20)21/h1-6H,7-11H2,(H,22,24). The number of halogens is 4. The lowest BCUT2D eigenvalue weighted by Gasteiger charge is -2.35. The minimum atomic E-state index is -4.38. The average Bonchev–Trinajstić information content (AvgIpc) is 2.68. The summed E-state index contributed by atoms with van der Waals surface area (Å²) >= 11 is 5.59. The lowest BCUT2D eigenvalue weighted by molar-refractivity contribution is -0.137. The van der Waals surface area contributed by atoms with E-state index in [-0.39, 0.29) is 11.8 Å². The number of nitrogens with zero attached hydrogens (tertiary/aromatic N) is 4. The molecular weight excluding hydrogens is 383 g/mol. The van der Waals surface area contributed by atoms with Gasteiger partial charge in [-0.3, -0.25) is 4.79 Å². The molecule has 2 aromatic rings. The SMILES string of the molecule is O=C(CCl)N1CCN(c2nccnc2Nc2ccc(C(F)(F)F)cc2)CC1. The summed E-state index contributed by atoms with van der Waals surface area (Å²) in [5.41, 5.74) is -0.242. The van der Waals surface area contributed by atoms with Gasteiger partial charge in [-0.05, 0) is 24.3 Å². The van der Waals surface area contributed by atoms with Gasteiger partial charge in [-0.2, -0.15) is 13.2 Å². The predicted molar refractivity (Wildman–Crippen MR) is 96.3 cm³/mol. The highest BCUT2D eigenvalue weighted by Gasteiger charge is 2.30. The van der Waals surface area contributed by atoms with Crippen LogP contribution in [-0.2, 0) is 11.0 Å². The van der Waals surface area contributed by atoms with Crippen LogP contribution in [-0.4, -0.2) is 52.8 Å². The first-order valence-corrected chi connectivity index (χ1v) is 8.76. The fraction of sp³-hybridized carbons (Fsp3) is 0.353. The Balaban J connectivity index is 1.72. The Morgan fingerprint density at radius 3 is 2.30 bits per heavy atom. The number of carbonyl (C=O) groups is 1. The summed E-state index contributed by atoms with van der Waals surface area (Å²) in [5, 5.41) is 3.01. The van der Waals surface area contributed by atoms with Crippen LogP contribution in [0.5, 0.6) is 0 Å². The second kappa shape index (κ2) is 7.99. The Hall–Kier alpha value is -2.55. The molecule has 0 unspecified atom stereocenters. The van der Waals surface area contributed by atoms with E-state index in [0.29, 0.717) is 43.5 Å². The maximum atomic E-state index is 12.7. The molecule has 6 nitrogen and oxygen atoms in total. The molecule has 1 aliphatic heterocycles. The highest BCUT2D eigenvalue weighted by Crippen LogP contribution is 2.31. The van der Waals surface area contributed by atoms with E-state index in [4.69, 9.17) is 11.6 Å². The fourth-order valence-corrected chi connectivity index (χ4v) is 2.95. The number of amides is 1. The normalized spacial score (nSPS) is 15.0. The van der Waals surface area contributed by atoms with E-state index in [2.05, 4.69) is 15.3 Å². The summed E-state index contributed by atoms with van der Waals surface area (Å²) in [4.78, 5) is 23.9. The van der Waals surface area contributed by atoms with Gasteiger partial charge in [0.15, 0.2) is 11.6 Å². The van der Waals surface area contributed by atoms with Crippen LogP contribution >= 0.6 is 11.6 Å². The van der Waals surface area contributed by atoms with Gasteiger partial charge in [-0.1, -0.05) is 0 Å². The number of hydrogen-bond acceptors (Lipinski definition) is 5. The van der Waals surface area contributed by atoms with Gasteiger partial charge >= 0.3 is 6.18 Å². The summed E-state index contributed by atoms with van der Waals surface area (Å²) in [7, 11) is 0. The van der Waals surface area contributed by atoms with Crippen LogP contribution in [0.15, 0.2) is 36.7 Å². The number of aromatic nitrogens is 2. The van der Waals surface area contributed by atoms with Crippen molar-refractivity contribution in [2.75, 3.05) is 42.3 Å². The van der Waals surface area contributed by atoms with E-state index >= 15 is 0 Å². The second-order valence-corrected chi connectivity index (χ2v) is 6.20. The maximum absolute atomic E-state index is 12.7. The Morgan fingerprint density at radius 1 is 1.07 bits per heavy atom. The van der Waals surface area contributed by atoms with E-state index in [1.54, 1.807) is 11.1 Å². The van der Waals surface area contributed by atoms with E-state index < -0.39 is 11.7 Å². The molecule has 3 rings (SSSR count). The van der Waals surface area contributed by atoms with Crippen LogP contribution in [0.4, 0.5) is 30.5 Å². The van der Waals surface area contributed by atoms with Crippen molar-refractivity contribution in [2.45, 2.75) is 6.18 Å². The molecule has 1 amide bonds. The highest BCUT2D eigenvalue weighted by molar-refractivity contribution is 6.27. The molecular formula is C17H17ClF3N5O. The van der Waals surface area contributed by atoms with Gasteiger partial charge in [0.1, 0.15) is 5.88 Å². The van der Waals surface area contributed by atoms with Crippen molar-refractivity contribution >= 4 is 34.8 Å². The van der Waals surface area contributed by atoms with Gasteiger partial charge in [0.25, 0.3) is 0 Å². The van der Waals surface area contributed by atoms with Gasteiger partial charge in [0.2, 0.25) is 5.91 Å². The smallest absolute Gasteiger partial charge is 0.350 e. The first-order chi connectivity index (χ1) is 12.9. The molecule has 1 fully saturated rings. The van der Waals surface area contributed by atoms with Crippen molar-refractivity contribution in [2.24, 2.45) is 0 Å². The summed E-state index contributed by atoms with van der Waals surface area (Å²) < 4.78 is 38.0. The van der Waals surface area contributed by atoms with E-state index in [0.717, 1.165) is 12.1 Å². The molecule has 0 bridgehead atoms. The highest BCUT2D eigenvalue weighted by atomic mass is 35.5. The molecule has 1 saturated heterocycles. The third kappa shape index (κ3) is 4.60. The van der Waals surface area contributed by atoms with Crippen molar-refractivity contribution in [1.82, 2.24) is 14.9 Å². The average molecular weight is 400 g/mol. The van der Waals surface area contributed by atoms with Crippen molar-refractivity contribution in [3.8, 4) is 0 Å². The lowest BCUT2D eigenvalue weighted by Crippen LogP contribution is -2.49. The van der Waals surface area contributed by atoms with E-state index in [1.165, 1.54) is 18.3 Å². The van der Waals surface area contributed by atoms with E-state index in [1.807, 2.05) is 4.90 Å². The van der Waals surface area contributed by atoms with Crippen molar-refractivity contribution in [1.29, 1.82) is 0 Å². The van der Waals surface area contributed by atoms with Crippen LogP contribution in [0, 0.1) is 0 Å². The Bertz CT molecular complexity index is 792. The molecule has 0 atom stereocenters. The van der Waals surface area contributed by atoms with Crippen LogP contribution in [0.1, 0.15) is 5.56 Å². The molecule has 1 N–H and O–H groups in total. The monoisotopic (exact) mass is 399 g/mol. The van der Waals surface area contributed by atoms with Gasteiger partial charge in [-0.25, -0.2) is 9.97 Å². The quantitative estimate of drug-likeness (QED) is 0.800. The number of alkyl halides is 4. The Morgan fingerprint density at radius 2 is 1.70 bits per heavy atom. The summed E-state index contributed by atoms with van der Waals surface area (Å²) in [6, 6.07) is 4.71. The second-order valence-electron chi connectivity index (χ2n) is 5.93. The van der Waals surface area contributed by atoms with Crippen molar-refractivity contribution < 1.29 is 18.0 Å². The minimum Gasteiger partial charge on any atom is -0.350 e. The van der Waals surface area contributed by atoms with Crippen LogP contribution in [0.2, 0.25) is 0 Å². The molecule has 1 aromatic heterocycles. The summed E-state index contributed by atoms with van der Waals surface area (Å²) in [6.07, 6.45) is -1.33. The lowest BCUT2D eigenvalue weighted by atomic mass is 10.2. The number of hydrogen-bond donors (Lipinski definition) is 1. The number of benzene rings is 1. The number of carbonyl (C=O) groups excluding carboxylic acids is 1. The largest absolute Gasteiger partial charge is 0.416 e. The third-order valence-corrected chi connectivity index (χ3v) is 4.43. The molecule has 1 aromatic carbocycles. The number of nitrogens with one attached hydrogen (secondary N) is 1. The zero-order chi connectivity index (χ0) is 19.4. The third-order valence-electron chi connectivity index (χ3n) is 4.20. The first kappa shape index (κ1) is 19.2. The predicted octanol–water partition coefficient (Wildman–Crippen LogP) is 3.13. The van der Waals surface area contributed by atoms with Crippen LogP contribution < -0.4 is 10.2 Å². The number of anilines is 3.